The first kappa shape index (κ1) is 19.6. The Bertz CT molecular complexity index is 1660. The molecule has 0 saturated heterocycles. The molecule has 0 amide bonds. The van der Waals surface area contributed by atoms with E-state index in [0.717, 1.165) is 54.7 Å². The van der Waals surface area contributed by atoms with Gasteiger partial charge < -0.3 is 10.6 Å². The van der Waals surface area contributed by atoms with Crippen LogP contribution in [0.4, 0.5) is 17.5 Å². The summed E-state index contributed by atoms with van der Waals surface area (Å²) in [6.07, 6.45) is 1.86. The maximum Gasteiger partial charge on any atom is 0.222 e. The zero-order valence-electron chi connectivity index (χ0n) is 18.4. The largest absolute Gasteiger partial charge is 0.357 e. The number of nitrogens with zero attached hydrogens (tertiary/aromatic N) is 5. The maximum atomic E-state index is 4.83. The first-order valence-corrected chi connectivity index (χ1v) is 11.5. The van der Waals surface area contributed by atoms with Gasteiger partial charge in [-0.25, -0.2) is 15.0 Å². The molecule has 0 unspecified atom stereocenters. The molecule has 33 heavy (non-hydrogen) atoms. The Labute approximate surface area is 194 Å². The van der Waals surface area contributed by atoms with Crippen LogP contribution in [0.2, 0.25) is 0 Å². The minimum Gasteiger partial charge on any atom is -0.357 e. The molecule has 0 aliphatic heterocycles. The number of thiazole rings is 1. The van der Waals surface area contributed by atoms with Crippen molar-refractivity contribution in [3.63, 3.8) is 0 Å². The van der Waals surface area contributed by atoms with Crippen LogP contribution in [0.15, 0.2) is 60.2 Å². The SMILES string of the molecule is CNc1ncc2cc(-c3c(C)ccc4c(Nc5ccc6ncsc6c5)nn(C)c34)ccc2n1. The summed E-state index contributed by atoms with van der Waals surface area (Å²) >= 11 is 1.63. The number of hydrogen-bond acceptors (Lipinski definition) is 7. The van der Waals surface area contributed by atoms with Crippen LogP contribution in [-0.2, 0) is 7.05 Å². The molecule has 0 fully saturated rings. The van der Waals surface area contributed by atoms with Gasteiger partial charge in [0.25, 0.3) is 0 Å². The highest BCUT2D eigenvalue weighted by atomic mass is 32.1. The lowest BCUT2D eigenvalue weighted by Gasteiger charge is -2.11. The third-order valence-corrected chi connectivity index (χ3v) is 6.69. The number of aryl methyl sites for hydroxylation is 2. The Morgan fingerprint density at radius 3 is 2.73 bits per heavy atom. The highest BCUT2D eigenvalue weighted by Gasteiger charge is 2.17. The third-order valence-electron chi connectivity index (χ3n) is 5.90. The van der Waals surface area contributed by atoms with E-state index in [2.05, 4.69) is 62.8 Å². The predicted molar refractivity (Wildman–Crippen MR) is 136 cm³/mol. The van der Waals surface area contributed by atoms with E-state index in [1.165, 1.54) is 5.56 Å². The van der Waals surface area contributed by atoms with Crippen molar-refractivity contribution in [2.24, 2.45) is 7.05 Å². The first-order chi connectivity index (χ1) is 16.1. The lowest BCUT2D eigenvalue weighted by Crippen LogP contribution is -1.97. The van der Waals surface area contributed by atoms with Crippen LogP contribution in [0.25, 0.3) is 43.1 Å². The Kier molecular flexibility index (Phi) is 4.48. The van der Waals surface area contributed by atoms with Gasteiger partial charge in [0.2, 0.25) is 5.95 Å². The number of anilines is 3. The summed E-state index contributed by atoms with van der Waals surface area (Å²) in [6, 6.07) is 16.8. The Morgan fingerprint density at radius 2 is 1.85 bits per heavy atom. The normalized spacial score (nSPS) is 11.5. The van der Waals surface area contributed by atoms with Crippen molar-refractivity contribution < 1.29 is 0 Å². The molecule has 3 aromatic heterocycles. The molecule has 3 heterocycles. The van der Waals surface area contributed by atoms with E-state index in [1.54, 1.807) is 11.3 Å². The van der Waals surface area contributed by atoms with Crippen LogP contribution in [-0.4, -0.2) is 31.8 Å². The van der Waals surface area contributed by atoms with Gasteiger partial charge in [0.15, 0.2) is 5.82 Å². The van der Waals surface area contributed by atoms with Gasteiger partial charge in [-0.05, 0) is 54.4 Å². The Balaban J connectivity index is 1.48. The van der Waals surface area contributed by atoms with Gasteiger partial charge in [0, 0.05) is 42.3 Å². The molecule has 162 valence electrons. The van der Waals surface area contributed by atoms with E-state index in [0.29, 0.717) is 5.95 Å². The summed E-state index contributed by atoms with van der Waals surface area (Å²) in [7, 11) is 3.81. The molecule has 0 bridgehead atoms. The van der Waals surface area contributed by atoms with Gasteiger partial charge in [-0.1, -0.05) is 12.1 Å². The van der Waals surface area contributed by atoms with E-state index in [-0.39, 0.29) is 0 Å². The topological polar surface area (TPSA) is 80.5 Å². The molecular weight excluding hydrogens is 430 g/mol. The van der Waals surface area contributed by atoms with Gasteiger partial charge >= 0.3 is 0 Å². The molecule has 0 radical (unpaired) electrons. The second-order valence-electron chi connectivity index (χ2n) is 8.00. The summed E-state index contributed by atoms with van der Waals surface area (Å²) in [5.74, 6) is 1.45. The predicted octanol–water partition coefficient (Wildman–Crippen LogP) is 5.89. The molecule has 3 aromatic carbocycles. The fraction of sp³-hybridized carbons (Fsp3) is 0.120. The summed E-state index contributed by atoms with van der Waals surface area (Å²) in [6.45, 7) is 2.14. The molecule has 6 aromatic rings. The van der Waals surface area contributed by atoms with Gasteiger partial charge in [0.05, 0.1) is 26.8 Å². The fourth-order valence-corrected chi connectivity index (χ4v) is 5.03. The van der Waals surface area contributed by atoms with Gasteiger partial charge in [0.1, 0.15) is 0 Å². The van der Waals surface area contributed by atoms with Gasteiger partial charge in [-0.3, -0.25) is 4.68 Å². The molecular formula is C25H21N7S. The molecule has 7 nitrogen and oxygen atoms in total. The van der Waals surface area contributed by atoms with Crippen LogP contribution in [0.3, 0.4) is 0 Å². The molecule has 0 atom stereocenters. The van der Waals surface area contributed by atoms with Crippen LogP contribution < -0.4 is 10.6 Å². The monoisotopic (exact) mass is 451 g/mol. The molecule has 8 heteroatoms. The number of rotatable bonds is 4. The second kappa shape index (κ2) is 7.53. The van der Waals surface area contributed by atoms with Gasteiger partial charge in [-0.15, -0.1) is 11.3 Å². The quantitative estimate of drug-likeness (QED) is 0.348. The lowest BCUT2D eigenvalue weighted by molar-refractivity contribution is 0.801. The molecule has 0 saturated carbocycles. The molecule has 6 rings (SSSR count). The van der Waals surface area contributed by atoms with E-state index < -0.39 is 0 Å². The minimum atomic E-state index is 0.618. The minimum absolute atomic E-state index is 0.618. The highest BCUT2D eigenvalue weighted by molar-refractivity contribution is 7.16. The van der Waals surface area contributed by atoms with E-state index >= 15 is 0 Å². The number of aromatic nitrogens is 5. The van der Waals surface area contributed by atoms with Crippen molar-refractivity contribution in [3.8, 4) is 11.1 Å². The average Bonchev–Trinajstić information content (AvgIpc) is 3.42. The highest BCUT2D eigenvalue weighted by Crippen LogP contribution is 2.37. The van der Waals surface area contributed by atoms with Crippen molar-refractivity contribution in [2.45, 2.75) is 6.92 Å². The summed E-state index contributed by atoms with van der Waals surface area (Å²) in [5.41, 5.74) is 9.34. The number of hydrogen-bond donors (Lipinski definition) is 2. The van der Waals surface area contributed by atoms with Crippen molar-refractivity contribution in [2.75, 3.05) is 17.7 Å². The Morgan fingerprint density at radius 1 is 0.970 bits per heavy atom. The summed E-state index contributed by atoms with van der Waals surface area (Å²) < 4.78 is 3.10. The zero-order valence-corrected chi connectivity index (χ0v) is 19.2. The van der Waals surface area contributed by atoms with Crippen LogP contribution in [0.1, 0.15) is 5.56 Å². The van der Waals surface area contributed by atoms with Gasteiger partial charge in [-0.2, -0.15) is 5.10 Å². The van der Waals surface area contributed by atoms with Crippen molar-refractivity contribution in [3.05, 3.63) is 65.8 Å². The zero-order chi connectivity index (χ0) is 22.5. The van der Waals surface area contributed by atoms with Crippen LogP contribution >= 0.6 is 11.3 Å². The third kappa shape index (κ3) is 3.27. The standard InChI is InChI=1S/C25H21N7S/c1-14-4-7-18-23(22(14)15-5-8-19-16(10-15)12-27-25(26-2)30-19)32(3)31-24(18)29-17-6-9-20-21(11-17)33-13-28-20/h4-13H,1-3H3,(H,29,31)(H,26,27,30). The number of fused-ring (bicyclic) bond motifs is 3. The summed E-state index contributed by atoms with van der Waals surface area (Å²) in [4.78, 5) is 13.3. The molecule has 0 aliphatic rings. The Hall–Kier alpha value is -4.04. The lowest BCUT2D eigenvalue weighted by atomic mass is 9.96. The number of benzene rings is 3. The van der Waals surface area contributed by atoms with Crippen LogP contribution in [0.5, 0.6) is 0 Å². The molecule has 0 aliphatic carbocycles. The second-order valence-corrected chi connectivity index (χ2v) is 8.89. The smallest absolute Gasteiger partial charge is 0.222 e. The van der Waals surface area contributed by atoms with Crippen molar-refractivity contribution in [1.82, 2.24) is 24.7 Å². The fourth-order valence-electron chi connectivity index (χ4n) is 4.31. The number of nitrogens with one attached hydrogen (secondary N) is 2. The first-order valence-electron chi connectivity index (χ1n) is 10.6. The summed E-state index contributed by atoms with van der Waals surface area (Å²) in [5, 5.41) is 13.4. The van der Waals surface area contributed by atoms with E-state index in [4.69, 9.17) is 5.10 Å². The maximum absolute atomic E-state index is 4.83. The van der Waals surface area contributed by atoms with Crippen molar-refractivity contribution in [1.29, 1.82) is 0 Å². The van der Waals surface area contributed by atoms with Crippen molar-refractivity contribution >= 4 is 60.8 Å². The average molecular weight is 452 g/mol. The van der Waals surface area contributed by atoms with Crippen LogP contribution in [0, 0.1) is 6.92 Å². The molecule has 2 N–H and O–H groups in total. The van der Waals surface area contributed by atoms with E-state index in [1.807, 2.05) is 48.7 Å². The van der Waals surface area contributed by atoms with E-state index in [9.17, 15) is 0 Å². The molecule has 0 spiro atoms.